The van der Waals surface area contributed by atoms with E-state index in [9.17, 15) is 4.79 Å². The molecule has 2 aromatic heterocycles. The minimum atomic E-state index is 0.0301. The van der Waals surface area contributed by atoms with E-state index in [-0.39, 0.29) is 5.91 Å². The average molecular weight is 388 g/mol. The zero-order chi connectivity index (χ0) is 19.5. The molecular weight excluding hydrogens is 366 g/mol. The lowest BCUT2D eigenvalue weighted by atomic mass is 10.1. The number of hydrogen-bond donors (Lipinski definition) is 0. The Balaban J connectivity index is 1.70. The second-order valence-corrected chi connectivity index (χ2v) is 7.91. The molecule has 0 aliphatic carbocycles. The predicted molar refractivity (Wildman–Crippen MR) is 115 cm³/mol. The fourth-order valence-corrected chi connectivity index (χ4v) is 4.15. The van der Waals surface area contributed by atoms with E-state index in [1.165, 1.54) is 11.1 Å². The van der Waals surface area contributed by atoms with E-state index in [4.69, 9.17) is 4.98 Å². The molecule has 0 bridgehead atoms. The summed E-state index contributed by atoms with van der Waals surface area (Å²) in [6, 6.07) is 17.9. The van der Waals surface area contributed by atoms with Gasteiger partial charge in [0.25, 0.3) is 0 Å². The summed E-state index contributed by atoms with van der Waals surface area (Å²) in [5.74, 6) is 0.0301. The van der Waals surface area contributed by atoms with Crippen LogP contribution in [0.4, 0.5) is 5.13 Å². The maximum Gasteiger partial charge on any atom is 0.233 e. The third kappa shape index (κ3) is 3.94. The van der Waals surface area contributed by atoms with Gasteiger partial charge in [0.1, 0.15) is 0 Å². The summed E-state index contributed by atoms with van der Waals surface area (Å²) in [5.41, 5.74) is 5.36. The van der Waals surface area contributed by atoms with Crippen LogP contribution in [-0.4, -0.2) is 15.9 Å². The van der Waals surface area contributed by atoms with Crippen LogP contribution >= 0.6 is 11.3 Å². The summed E-state index contributed by atoms with van der Waals surface area (Å²) in [6.45, 7) is 4.64. The van der Waals surface area contributed by atoms with Gasteiger partial charge in [-0.3, -0.25) is 14.7 Å². The summed E-state index contributed by atoms with van der Waals surface area (Å²) >= 11 is 1.56. The van der Waals surface area contributed by atoms with Crippen LogP contribution in [0.15, 0.2) is 67.0 Å². The van der Waals surface area contributed by atoms with Crippen molar-refractivity contribution in [3.8, 4) is 0 Å². The molecule has 2 aromatic carbocycles. The molecule has 0 radical (unpaired) electrons. The number of hydrogen-bond acceptors (Lipinski definition) is 4. The Kier molecular flexibility index (Phi) is 5.17. The first-order chi connectivity index (χ1) is 13.6. The van der Waals surface area contributed by atoms with Crippen LogP contribution in [0.1, 0.15) is 22.3 Å². The molecule has 0 saturated heterocycles. The molecule has 5 heteroatoms. The molecule has 4 rings (SSSR count). The van der Waals surface area contributed by atoms with Crippen molar-refractivity contribution in [3.63, 3.8) is 0 Å². The number of anilines is 1. The lowest BCUT2D eigenvalue weighted by Gasteiger charge is -2.20. The second-order valence-electron chi connectivity index (χ2n) is 6.90. The van der Waals surface area contributed by atoms with Crippen molar-refractivity contribution < 1.29 is 4.79 Å². The van der Waals surface area contributed by atoms with Crippen LogP contribution in [0.2, 0.25) is 0 Å². The minimum Gasteiger partial charge on any atom is -0.283 e. The molecule has 0 aliphatic rings. The van der Waals surface area contributed by atoms with Crippen LogP contribution in [0.5, 0.6) is 0 Å². The molecule has 4 aromatic rings. The van der Waals surface area contributed by atoms with Crippen molar-refractivity contribution in [2.75, 3.05) is 4.90 Å². The first-order valence-corrected chi connectivity index (χ1v) is 10.0. The lowest BCUT2D eigenvalue weighted by Crippen LogP contribution is -2.31. The number of carbonyl (C=O) groups excluding carboxylic acids is 1. The van der Waals surface area contributed by atoms with Crippen molar-refractivity contribution in [3.05, 3.63) is 89.2 Å². The van der Waals surface area contributed by atoms with E-state index in [0.717, 1.165) is 26.5 Å². The number of aromatic nitrogens is 2. The Morgan fingerprint density at radius 1 is 1.00 bits per heavy atom. The van der Waals surface area contributed by atoms with E-state index < -0.39 is 0 Å². The normalized spacial score (nSPS) is 10.9. The molecule has 28 heavy (non-hydrogen) atoms. The third-order valence-electron chi connectivity index (χ3n) is 4.79. The highest BCUT2D eigenvalue weighted by Gasteiger charge is 2.21. The number of rotatable bonds is 5. The topological polar surface area (TPSA) is 46.1 Å². The van der Waals surface area contributed by atoms with Gasteiger partial charge in [0.15, 0.2) is 5.13 Å². The molecule has 0 atom stereocenters. The fourth-order valence-electron chi connectivity index (χ4n) is 3.09. The van der Waals surface area contributed by atoms with Gasteiger partial charge in [0.05, 0.1) is 23.2 Å². The number of thiazole rings is 1. The fraction of sp³-hybridized carbons (Fsp3) is 0.174. The molecule has 0 unspecified atom stereocenters. The quantitative estimate of drug-likeness (QED) is 0.479. The van der Waals surface area contributed by atoms with Gasteiger partial charge >= 0.3 is 0 Å². The Morgan fingerprint density at radius 2 is 1.75 bits per heavy atom. The zero-order valence-corrected chi connectivity index (χ0v) is 16.7. The summed E-state index contributed by atoms with van der Waals surface area (Å²) < 4.78 is 1.10. The van der Waals surface area contributed by atoms with E-state index >= 15 is 0 Å². The molecule has 0 N–H and O–H groups in total. The summed E-state index contributed by atoms with van der Waals surface area (Å²) in [6.07, 6.45) is 3.88. The maximum absolute atomic E-state index is 13.2. The van der Waals surface area contributed by atoms with E-state index in [1.54, 1.807) is 28.6 Å². The Labute approximate surface area is 168 Å². The first kappa shape index (κ1) is 18.3. The van der Waals surface area contributed by atoms with E-state index in [2.05, 4.69) is 31.0 Å². The van der Waals surface area contributed by atoms with Gasteiger partial charge in [-0.05, 0) is 54.3 Å². The summed E-state index contributed by atoms with van der Waals surface area (Å²) in [5, 5.41) is 0.727. The summed E-state index contributed by atoms with van der Waals surface area (Å²) in [7, 11) is 0. The van der Waals surface area contributed by atoms with Gasteiger partial charge in [0.2, 0.25) is 5.91 Å². The van der Waals surface area contributed by atoms with Gasteiger partial charge in [-0.1, -0.05) is 47.7 Å². The minimum absolute atomic E-state index is 0.0301. The van der Waals surface area contributed by atoms with E-state index in [0.29, 0.717) is 13.0 Å². The van der Waals surface area contributed by atoms with Gasteiger partial charge in [-0.15, -0.1) is 0 Å². The van der Waals surface area contributed by atoms with Gasteiger partial charge in [-0.2, -0.15) is 0 Å². The average Bonchev–Trinajstić information content (AvgIpc) is 3.10. The molecule has 0 fully saturated rings. The number of aryl methyl sites for hydroxylation is 2. The Morgan fingerprint density at radius 3 is 2.50 bits per heavy atom. The van der Waals surface area contributed by atoms with Gasteiger partial charge < -0.3 is 0 Å². The Hall–Kier alpha value is -3.05. The van der Waals surface area contributed by atoms with Crippen molar-refractivity contribution in [1.82, 2.24) is 9.97 Å². The van der Waals surface area contributed by atoms with Crippen molar-refractivity contribution in [2.45, 2.75) is 26.8 Å². The number of benzene rings is 2. The molecule has 4 nitrogen and oxygen atoms in total. The maximum atomic E-state index is 13.2. The molecule has 0 spiro atoms. The highest BCUT2D eigenvalue weighted by molar-refractivity contribution is 7.22. The zero-order valence-electron chi connectivity index (χ0n) is 15.9. The van der Waals surface area contributed by atoms with Crippen LogP contribution in [0.25, 0.3) is 10.2 Å². The Bertz CT molecular complexity index is 1070. The SMILES string of the molecule is Cc1cc2nc(N(Cc3cccnc3)C(=O)Cc3ccccc3)sc2cc1C. The number of amides is 1. The van der Waals surface area contributed by atoms with E-state index in [1.807, 2.05) is 42.5 Å². The van der Waals surface area contributed by atoms with Crippen molar-refractivity contribution in [2.24, 2.45) is 0 Å². The summed E-state index contributed by atoms with van der Waals surface area (Å²) in [4.78, 5) is 23.9. The van der Waals surface area contributed by atoms with Crippen LogP contribution < -0.4 is 4.90 Å². The largest absolute Gasteiger partial charge is 0.283 e. The van der Waals surface area contributed by atoms with Crippen LogP contribution in [0.3, 0.4) is 0 Å². The monoisotopic (exact) mass is 387 g/mol. The molecule has 0 aliphatic heterocycles. The van der Waals surface area contributed by atoms with Crippen LogP contribution in [-0.2, 0) is 17.8 Å². The highest BCUT2D eigenvalue weighted by Crippen LogP contribution is 2.32. The van der Waals surface area contributed by atoms with Gasteiger partial charge in [-0.25, -0.2) is 4.98 Å². The smallest absolute Gasteiger partial charge is 0.233 e. The number of carbonyl (C=O) groups is 1. The first-order valence-electron chi connectivity index (χ1n) is 9.21. The molecule has 2 heterocycles. The molecule has 1 amide bonds. The molecule has 0 saturated carbocycles. The standard InChI is InChI=1S/C23H21N3OS/c1-16-11-20-21(12-17(16)2)28-23(25-20)26(15-19-9-6-10-24-14-19)22(27)13-18-7-4-3-5-8-18/h3-12,14H,13,15H2,1-2H3. The second kappa shape index (κ2) is 7.90. The van der Waals surface area contributed by atoms with Crippen molar-refractivity contribution in [1.29, 1.82) is 0 Å². The van der Waals surface area contributed by atoms with Crippen molar-refractivity contribution >= 4 is 32.6 Å². The molecule has 140 valence electrons. The number of pyridine rings is 1. The number of nitrogens with zero attached hydrogens (tertiary/aromatic N) is 3. The highest BCUT2D eigenvalue weighted by atomic mass is 32.1. The predicted octanol–water partition coefficient (Wildman–Crippen LogP) is 5.08. The van der Waals surface area contributed by atoms with Crippen LogP contribution in [0, 0.1) is 13.8 Å². The third-order valence-corrected chi connectivity index (χ3v) is 5.83. The molecular formula is C23H21N3OS. The van der Waals surface area contributed by atoms with Gasteiger partial charge in [0, 0.05) is 12.4 Å². The number of fused-ring (bicyclic) bond motifs is 1. The lowest BCUT2D eigenvalue weighted by molar-refractivity contribution is -0.118.